The van der Waals surface area contributed by atoms with Gasteiger partial charge in [-0.3, -0.25) is 0 Å². The van der Waals surface area contributed by atoms with Crippen LogP contribution in [0.4, 0.5) is 10.1 Å². The summed E-state index contributed by atoms with van der Waals surface area (Å²) < 4.78 is 17.7. The van der Waals surface area contributed by atoms with Crippen LogP contribution in [0.3, 0.4) is 0 Å². The fourth-order valence-corrected chi connectivity index (χ4v) is 1.03. The number of aromatic nitrogens is 2. The number of hydrogen-bond acceptors (Lipinski definition) is 4. The van der Waals surface area contributed by atoms with Crippen LogP contribution >= 0.6 is 0 Å². The standard InChI is InChI=1S/C8H6FN3O/c9-6-1-5(2-7(10)3-6)8-12-11-4-13-8/h1-4H,10H2. The first kappa shape index (κ1) is 7.72. The molecular formula is C8H6FN3O. The topological polar surface area (TPSA) is 64.9 Å². The van der Waals surface area contributed by atoms with E-state index in [0.29, 0.717) is 11.3 Å². The Morgan fingerprint density at radius 1 is 1.31 bits per heavy atom. The molecular weight excluding hydrogens is 173 g/mol. The third kappa shape index (κ3) is 1.48. The molecule has 0 unspecified atom stereocenters. The van der Waals surface area contributed by atoms with Crippen molar-refractivity contribution < 1.29 is 8.81 Å². The van der Waals surface area contributed by atoms with Crippen molar-refractivity contribution >= 4 is 5.69 Å². The molecule has 0 amide bonds. The van der Waals surface area contributed by atoms with E-state index in [9.17, 15) is 4.39 Å². The van der Waals surface area contributed by atoms with E-state index in [1.54, 1.807) is 6.07 Å². The minimum Gasteiger partial charge on any atom is -0.423 e. The summed E-state index contributed by atoms with van der Waals surface area (Å²) in [5.41, 5.74) is 6.24. The van der Waals surface area contributed by atoms with Crippen LogP contribution in [0.2, 0.25) is 0 Å². The van der Waals surface area contributed by atoms with Crippen molar-refractivity contribution in [3.63, 3.8) is 0 Å². The molecule has 66 valence electrons. The van der Waals surface area contributed by atoms with Gasteiger partial charge in [0.25, 0.3) is 0 Å². The molecule has 1 aromatic carbocycles. The van der Waals surface area contributed by atoms with Crippen molar-refractivity contribution in [2.75, 3.05) is 5.73 Å². The zero-order valence-corrected chi connectivity index (χ0v) is 6.57. The van der Waals surface area contributed by atoms with Gasteiger partial charge in [0.05, 0.1) is 0 Å². The number of halogens is 1. The van der Waals surface area contributed by atoms with Gasteiger partial charge in [0, 0.05) is 11.3 Å². The zero-order chi connectivity index (χ0) is 9.26. The van der Waals surface area contributed by atoms with E-state index in [2.05, 4.69) is 10.2 Å². The van der Waals surface area contributed by atoms with Gasteiger partial charge in [-0.25, -0.2) is 4.39 Å². The number of rotatable bonds is 1. The molecule has 2 rings (SSSR count). The van der Waals surface area contributed by atoms with Crippen molar-refractivity contribution in [2.45, 2.75) is 0 Å². The van der Waals surface area contributed by atoms with E-state index in [1.807, 2.05) is 0 Å². The quantitative estimate of drug-likeness (QED) is 0.673. The lowest BCUT2D eigenvalue weighted by Gasteiger charge is -1.97. The van der Waals surface area contributed by atoms with E-state index in [0.717, 1.165) is 0 Å². The predicted molar refractivity (Wildman–Crippen MR) is 44.1 cm³/mol. The Kier molecular flexibility index (Phi) is 1.70. The van der Waals surface area contributed by atoms with Gasteiger partial charge >= 0.3 is 0 Å². The summed E-state index contributed by atoms with van der Waals surface area (Å²) in [6.45, 7) is 0. The Morgan fingerprint density at radius 2 is 2.15 bits per heavy atom. The molecule has 4 nitrogen and oxygen atoms in total. The smallest absolute Gasteiger partial charge is 0.247 e. The Labute approximate surface area is 73.2 Å². The number of nitrogen functional groups attached to an aromatic ring is 1. The summed E-state index contributed by atoms with van der Waals surface area (Å²) in [6.07, 6.45) is 1.18. The molecule has 13 heavy (non-hydrogen) atoms. The van der Waals surface area contributed by atoms with Gasteiger partial charge in [0.1, 0.15) is 5.82 Å². The first-order valence-corrected chi connectivity index (χ1v) is 3.58. The maximum Gasteiger partial charge on any atom is 0.247 e. The highest BCUT2D eigenvalue weighted by atomic mass is 19.1. The molecule has 0 saturated heterocycles. The molecule has 0 spiro atoms. The largest absolute Gasteiger partial charge is 0.423 e. The van der Waals surface area contributed by atoms with Crippen molar-refractivity contribution in [2.24, 2.45) is 0 Å². The second-order valence-corrected chi connectivity index (χ2v) is 2.52. The third-order valence-electron chi connectivity index (χ3n) is 1.53. The first-order valence-electron chi connectivity index (χ1n) is 3.58. The van der Waals surface area contributed by atoms with E-state index >= 15 is 0 Å². The maximum atomic E-state index is 12.9. The normalized spacial score (nSPS) is 10.2. The van der Waals surface area contributed by atoms with Crippen molar-refractivity contribution in [1.29, 1.82) is 0 Å². The van der Waals surface area contributed by atoms with Crippen LogP contribution in [0.15, 0.2) is 29.0 Å². The second-order valence-electron chi connectivity index (χ2n) is 2.52. The van der Waals surface area contributed by atoms with Gasteiger partial charge in [0.15, 0.2) is 0 Å². The SMILES string of the molecule is Nc1cc(F)cc(-c2nnco2)c1. The maximum absolute atomic E-state index is 12.9. The minimum atomic E-state index is -0.423. The van der Waals surface area contributed by atoms with Crippen LogP contribution in [0.1, 0.15) is 0 Å². The predicted octanol–water partition coefficient (Wildman–Crippen LogP) is 1.46. The lowest BCUT2D eigenvalue weighted by atomic mass is 10.2. The van der Waals surface area contributed by atoms with Crippen LogP contribution in [-0.2, 0) is 0 Å². The van der Waals surface area contributed by atoms with Gasteiger partial charge < -0.3 is 10.2 Å². The highest BCUT2D eigenvalue weighted by Crippen LogP contribution is 2.20. The Balaban J connectivity index is 2.53. The lowest BCUT2D eigenvalue weighted by molar-refractivity contribution is 0.567. The van der Waals surface area contributed by atoms with Gasteiger partial charge in [-0.2, -0.15) is 0 Å². The molecule has 2 aromatic rings. The second kappa shape index (κ2) is 2.85. The van der Waals surface area contributed by atoms with Crippen molar-refractivity contribution in [3.8, 4) is 11.5 Å². The summed E-state index contributed by atoms with van der Waals surface area (Å²) in [5.74, 6) is -0.167. The molecule has 5 heteroatoms. The zero-order valence-electron chi connectivity index (χ0n) is 6.57. The number of nitrogens with zero attached hydrogens (tertiary/aromatic N) is 2. The third-order valence-corrected chi connectivity index (χ3v) is 1.53. The van der Waals surface area contributed by atoms with E-state index < -0.39 is 5.82 Å². The molecule has 0 bridgehead atoms. The molecule has 0 saturated carbocycles. The summed E-state index contributed by atoms with van der Waals surface area (Å²) in [6, 6.07) is 4.07. The molecule has 1 heterocycles. The van der Waals surface area contributed by atoms with Gasteiger partial charge in [-0.05, 0) is 18.2 Å². The number of anilines is 1. The van der Waals surface area contributed by atoms with Crippen LogP contribution in [-0.4, -0.2) is 10.2 Å². The Hall–Kier alpha value is -1.91. The minimum absolute atomic E-state index is 0.256. The van der Waals surface area contributed by atoms with E-state index in [1.165, 1.54) is 18.5 Å². The van der Waals surface area contributed by atoms with Gasteiger partial charge in [-0.1, -0.05) is 0 Å². The molecule has 0 fully saturated rings. The molecule has 1 aromatic heterocycles. The van der Waals surface area contributed by atoms with Crippen LogP contribution < -0.4 is 5.73 Å². The average molecular weight is 179 g/mol. The summed E-state index contributed by atoms with van der Waals surface area (Å²) in [4.78, 5) is 0. The van der Waals surface area contributed by atoms with Gasteiger partial charge in [-0.15, -0.1) is 10.2 Å². The Bertz CT molecular complexity index is 393. The first-order chi connectivity index (χ1) is 6.25. The monoisotopic (exact) mass is 179 g/mol. The molecule has 0 aliphatic rings. The highest BCUT2D eigenvalue weighted by Gasteiger charge is 2.05. The fourth-order valence-electron chi connectivity index (χ4n) is 1.03. The Morgan fingerprint density at radius 3 is 2.77 bits per heavy atom. The molecule has 2 N–H and O–H groups in total. The van der Waals surface area contributed by atoms with Crippen molar-refractivity contribution in [3.05, 3.63) is 30.4 Å². The van der Waals surface area contributed by atoms with E-state index in [4.69, 9.17) is 10.2 Å². The number of hydrogen-bond donors (Lipinski definition) is 1. The van der Waals surface area contributed by atoms with E-state index in [-0.39, 0.29) is 5.89 Å². The van der Waals surface area contributed by atoms with Crippen LogP contribution in [0, 0.1) is 5.82 Å². The summed E-state index contributed by atoms with van der Waals surface area (Å²) >= 11 is 0. The number of nitrogens with two attached hydrogens (primary N) is 1. The molecule has 0 radical (unpaired) electrons. The summed E-state index contributed by atoms with van der Waals surface area (Å²) in [7, 11) is 0. The fraction of sp³-hybridized carbons (Fsp3) is 0. The molecule has 0 aliphatic carbocycles. The van der Waals surface area contributed by atoms with Crippen LogP contribution in [0.5, 0.6) is 0 Å². The highest BCUT2D eigenvalue weighted by molar-refractivity contribution is 5.59. The van der Waals surface area contributed by atoms with Gasteiger partial charge in [0.2, 0.25) is 12.3 Å². The molecule has 0 atom stereocenters. The average Bonchev–Trinajstić information content (AvgIpc) is 2.53. The number of benzene rings is 1. The summed E-state index contributed by atoms with van der Waals surface area (Å²) in [5, 5.41) is 7.11. The van der Waals surface area contributed by atoms with Crippen molar-refractivity contribution in [1.82, 2.24) is 10.2 Å². The van der Waals surface area contributed by atoms with Crippen LogP contribution in [0.25, 0.3) is 11.5 Å². The lowest BCUT2D eigenvalue weighted by Crippen LogP contribution is -1.88. The molecule has 0 aliphatic heterocycles.